The summed E-state index contributed by atoms with van der Waals surface area (Å²) in [4.78, 5) is 11.0. The average Bonchev–Trinajstić information content (AvgIpc) is 2.59. The number of carbonyl (C=O) groups excluding carboxylic acids is 1. The van der Waals surface area contributed by atoms with E-state index in [2.05, 4.69) is 6.58 Å². The maximum Gasteiger partial charge on any atom is 0.330 e. The van der Waals surface area contributed by atoms with E-state index >= 15 is 0 Å². The van der Waals surface area contributed by atoms with E-state index in [0.29, 0.717) is 17.2 Å². The third-order valence-electron chi connectivity index (χ3n) is 3.10. The van der Waals surface area contributed by atoms with E-state index in [1.165, 1.54) is 7.11 Å². The number of aliphatic hydroxyl groups excluding tert-OH is 1. The predicted octanol–water partition coefficient (Wildman–Crippen LogP) is 2.29. The Bertz CT molecular complexity index is 695. The lowest BCUT2D eigenvalue weighted by molar-refractivity contribution is -0.138. The van der Waals surface area contributed by atoms with Gasteiger partial charge in [-0.2, -0.15) is 0 Å². The van der Waals surface area contributed by atoms with Crippen molar-refractivity contribution in [3.05, 3.63) is 43.0 Å². The molecule has 6 nitrogen and oxygen atoms in total. The van der Waals surface area contributed by atoms with Crippen molar-refractivity contribution in [1.29, 1.82) is 0 Å². The van der Waals surface area contributed by atoms with E-state index in [9.17, 15) is 4.79 Å². The number of carbonyl (C=O) groups is 1. The molecule has 0 aliphatic carbocycles. The number of rotatable bonds is 8. The van der Waals surface area contributed by atoms with Crippen molar-refractivity contribution in [2.24, 2.45) is 0 Å². The van der Waals surface area contributed by atoms with Crippen LogP contribution in [0.25, 0.3) is 10.8 Å². The molecule has 23 heavy (non-hydrogen) atoms. The molecule has 0 radical (unpaired) electrons. The third kappa shape index (κ3) is 3.92. The van der Waals surface area contributed by atoms with Gasteiger partial charge in [0.1, 0.15) is 19.0 Å². The summed E-state index contributed by atoms with van der Waals surface area (Å²) in [6.45, 7) is 3.14. The molecule has 0 amide bonds. The molecule has 0 bridgehead atoms. The minimum absolute atomic E-state index is 0.0945. The zero-order chi connectivity index (χ0) is 16.7. The Balaban J connectivity index is 2.28. The van der Waals surface area contributed by atoms with Gasteiger partial charge in [-0.15, -0.1) is 0 Å². The van der Waals surface area contributed by atoms with Crippen LogP contribution in [-0.2, 0) is 9.53 Å². The van der Waals surface area contributed by atoms with Crippen molar-refractivity contribution in [1.82, 2.24) is 0 Å². The van der Waals surface area contributed by atoms with Crippen LogP contribution in [0.1, 0.15) is 0 Å². The molecule has 2 aromatic rings. The highest BCUT2D eigenvalue weighted by molar-refractivity contribution is 5.95. The van der Waals surface area contributed by atoms with Crippen molar-refractivity contribution < 1.29 is 28.8 Å². The Morgan fingerprint density at radius 2 is 1.91 bits per heavy atom. The number of hydrogen-bond acceptors (Lipinski definition) is 6. The van der Waals surface area contributed by atoms with Gasteiger partial charge in [0.2, 0.25) is 0 Å². The highest BCUT2D eigenvalue weighted by Crippen LogP contribution is 2.41. The summed E-state index contributed by atoms with van der Waals surface area (Å²) in [5, 5.41) is 10.6. The summed E-state index contributed by atoms with van der Waals surface area (Å²) in [5.41, 5.74) is 0. The van der Waals surface area contributed by atoms with E-state index in [0.717, 1.165) is 16.8 Å². The molecule has 0 aliphatic rings. The summed E-state index contributed by atoms with van der Waals surface area (Å²) in [5.74, 6) is 0.966. The Hall–Kier alpha value is -2.73. The van der Waals surface area contributed by atoms with Crippen LogP contribution in [0.15, 0.2) is 43.0 Å². The second kappa shape index (κ2) is 8.05. The first-order chi connectivity index (χ1) is 11.2. The van der Waals surface area contributed by atoms with Crippen LogP contribution in [-0.4, -0.2) is 38.2 Å². The van der Waals surface area contributed by atoms with E-state index in [4.69, 9.17) is 24.1 Å². The van der Waals surface area contributed by atoms with Gasteiger partial charge in [0.25, 0.3) is 0 Å². The fraction of sp³-hybridized carbons (Fsp3) is 0.235. The number of esters is 1. The van der Waals surface area contributed by atoms with Crippen LogP contribution in [0.5, 0.6) is 17.2 Å². The summed E-state index contributed by atoms with van der Waals surface area (Å²) in [6, 6.07) is 9.06. The average molecular weight is 318 g/mol. The monoisotopic (exact) mass is 318 g/mol. The first-order valence-corrected chi connectivity index (χ1v) is 6.96. The summed E-state index contributed by atoms with van der Waals surface area (Å²) < 4.78 is 21.2. The minimum atomic E-state index is -0.503. The second-order valence-corrected chi connectivity index (χ2v) is 4.45. The summed E-state index contributed by atoms with van der Waals surface area (Å²) >= 11 is 0. The number of aliphatic hydroxyl groups is 1. The first-order valence-electron chi connectivity index (χ1n) is 6.96. The highest BCUT2D eigenvalue weighted by atomic mass is 16.6. The molecule has 0 heterocycles. The Morgan fingerprint density at radius 3 is 2.57 bits per heavy atom. The number of fused-ring (bicyclic) bond motifs is 1. The van der Waals surface area contributed by atoms with Gasteiger partial charge in [-0.05, 0) is 0 Å². The molecule has 0 aromatic heterocycles. The maximum atomic E-state index is 11.0. The third-order valence-corrected chi connectivity index (χ3v) is 3.10. The number of hydrogen-bond donors (Lipinski definition) is 1. The van der Waals surface area contributed by atoms with Crippen LogP contribution in [0, 0.1) is 0 Å². The lowest BCUT2D eigenvalue weighted by atomic mass is 10.1. The lowest BCUT2D eigenvalue weighted by Crippen LogP contribution is -2.11. The SMILES string of the molecule is C=CC(=O)OCCOc1c(OC)cc(OCO)c2ccccc12. The smallest absolute Gasteiger partial charge is 0.330 e. The Kier molecular flexibility index (Phi) is 5.82. The van der Waals surface area contributed by atoms with Crippen LogP contribution in [0.3, 0.4) is 0 Å². The fourth-order valence-electron chi connectivity index (χ4n) is 2.13. The zero-order valence-electron chi connectivity index (χ0n) is 12.8. The van der Waals surface area contributed by atoms with Crippen LogP contribution in [0.4, 0.5) is 0 Å². The van der Waals surface area contributed by atoms with Crippen LogP contribution < -0.4 is 14.2 Å². The lowest BCUT2D eigenvalue weighted by Gasteiger charge is -2.16. The topological polar surface area (TPSA) is 74.2 Å². The molecular formula is C17H18O6. The van der Waals surface area contributed by atoms with Crippen molar-refractivity contribution >= 4 is 16.7 Å². The molecule has 0 saturated carbocycles. The molecule has 0 saturated heterocycles. The number of ether oxygens (including phenoxy) is 4. The Labute approximate surface area is 133 Å². The molecule has 0 unspecified atom stereocenters. The minimum Gasteiger partial charge on any atom is -0.493 e. The summed E-state index contributed by atoms with van der Waals surface area (Å²) in [7, 11) is 1.51. The summed E-state index contributed by atoms with van der Waals surface area (Å²) in [6.07, 6.45) is 1.09. The second-order valence-electron chi connectivity index (χ2n) is 4.45. The normalized spacial score (nSPS) is 10.2. The van der Waals surface area contributed by atoms with Gasteiger partial charge in [-0.1, -0.05) is 30.8 Å². The number of methoxy groups -OCH3 is 1. The van der Waals surface area contributed by atoms with Gasteiger partial charge in [-0.3, -0.25) is 0 Å². The van der Waals surface area contributed by atoms with Crippen LogP contribution >= 0.6 is 0 Å². The maximum absolute atomic E-state index is 11.0. The highest BCUT2D eigenvalue weighted by Gasteiger charge is 2.15. The number of benzene rings is 2. The van der Waals surface area contributed by atoms with Crippen molar-refractivity contribution in [3.8, 4) is 17.2 Å². The van der Waals surface area contributed by atoms with Gasteiger partial charge >= 0.3 is 5.97 Å². The van der Waals surface area contributed by atoms with E-state index < -0.39 is 12.8 Å². The largest absolute Gasteiger partial charge is 0.493 e. The standard InChI is InChI=1S/C17H18O6/c1-3-16(19)21-8-9-22-17-13-7-5-4-6-12(13)14(23-11-18)10-15(17)20-2/h3-7,10,18H,1,8-9,11H2,2H3. The van der Waals surface area contributed by atoms with Gasteiger partial charge in [0.05, 0.1) is 7.11 Å². The van der Waals surface area contributed by atoms with Crippen LogP contribution in [0.2, 0.25) is 0 Å². The molecule has 122 valence electrons. The van der Waals surface area contributed by atoms with E-state index in [1.54, 1.807) is 6.07 Å². The quantitative estimate of drug-likeness (QED) is 0.348. The van der Waals surface area contributed by atoms with Gasteiger partial charge < -0.3 is 24.1 Å². The molecule has 0 fully saturated rings. The molecule has 6 heteroatoms. The predicted molar refractivity (Wildman–Crippen MR) is 84.9 cm³/mol. The zero-order valence-corrected chi connectivity index (χ0v) is 12.8. The molecule has 2 rings (SSSR count). The molecule has 0 atom stereocenters. The van der Waals surface area contributed by atoms with Gasteiger partial charge in [-0.25, -0.2) is 4.79 Å². The molecule has 0 aliphatic heterocycles. The molecular weight excluding hydrogens is 300 g/mol. The van der Waals surface area contributed by atoms with E-state index in [-0.39, 0.29) is 13.2 Å². The van der Waals surface area contributed by atoms with Gasteiger partial charge in [0.15, 0.2) is 18.3 Å². The van der Waals surface area contributed by atoms with Crippen molar-refractivity contribution in [2.75, 3.05) is 27.1 Å². The Morgan fingerprint density at radius 1 is 1.17 bits per heavy atom. The molecule has 1 N–H and O–H groups in total. The fourth-order valence-corrected chi connectivity index (χ4v) is 2.13. The van der Waals surface area contributed by atoms with Crippen molar-refractivity contribution in [2.45, 2.75) is 0 Å². The van der Waals surface area contributed by atoms with Gasteiger partial charge in [0, 0.05) is 22.9 Å². The first kappa shape index (κ1) is 16.6. The molecule has 2 aromatic carbocycles. The van der Waals surface area contributed by atoms with E-state index in [1.807, 2.05) is 24.3 Å². The van der Waals surface area contributed by atoms with Crippen molar-refractivity contribution in [3.63, 3.8) is 0 Å². The molecule has 0 spiro atoms.